The molecule has 0 spiro atoms. The van der Waals surface area contributed by atoms with Crippen LogP contribution in [0.3, 0.4) is 0 Å². The first kappa shape index (κ1) is 18.7. The predicted octanol–water partition coefficient (Wildman–Crippen LogP) is -0.700. The molecule has 3 amide bonds. The molecule has 0 saturated carbocycles. The molecule has 4 N–H and O–H groups in total. The van der Waals surface area contributed by atoms with Gasteiger partial charge in [-0.15, -0.1) is 0 Å². The highest BCUT2D eigenvalue weighted by atomic mass is 16.5. The molecule has 120 valence electrons. The Morgan fingerprint density at radius 2 is 1.95 bits per heavy atom. The number of carbonyl (C=O) groups excluding carboxylic acids is 3. The highest BCUT2D eigenvalue weighted by Crippen LogP contribution is 2.01. The average molecular weight is 303 g/mol. The molecule has 0 aromatic carbocycles. The van der Waals surface area contributed by atoms with Gasteiger partial charge in [-0.2, -0.15) is 0 Å². The number of nitrogens with one attached hydrogen (secondary N) is 1. The normalized spacial score (nSPS) is 11.3. The van der Waals surface area contributed by atoms with E-state index in [0.717, 1.165) is 4.90 Å². The third kappa shape index (κ3) is 7.75. The van der Waals surface area contributed by atoms with Gasteiger partial charge in [-0.05, 0) is 12.8 Å². The molecule has 21 heavy (non-hydrogen) atoms. The summed E-state index contributed by atoms with van der Waals surface area (Å²) >= 11 is 0. The third-order valence-corrected chi connectivity index (χ3v) is 2.60. The highest BCUT2D eigenvalue weighted by molar-refractivity contribution is 5.85. The summed E-state index contributed by atoms with van der Waals surface area (Å²) in [7, 11) is 1.19. The van der Waals surface area contributed by atoms with Crippen molar-refractivity contribution in [2.75, 3.05) is 20.2 Å². The topological polar surface area (TPSA) is 139 Å². The van der Waals surface area contributed by atoms with Crippen molar-refractivity contribution in [1.29, 1.82) is 0 Å². The maximum Gasteiger partial charge on any atom is 0.326 e. The molecule has 0 heterocycles. The Bertz CT molecular complexity index is 398. The van der Waals surface area contributed by atoms with Gasteiger partial charge in [0.05, 0.1) is 7.11 Å². The molecule has 0 aliphatic carbocycles. The molecule has 0 aromatic heterocycles. The van der Waals surface area contributed by atoms with Crippen LogP contribution in [0.15, 0.2) is 0 Å². The second kappa shape index (κ2) is 9.56. The lowest BCUT2D eigenvalue weighted by Gasteiger charge is -2.23. The molecule has 0 fully saturated rings. The number of rotatable bonds is 9. The minimum Gasteiger partial charge on any atom is -0.480 e. The van der Waals surface area contributed by atoms with Crippen LogP contribution in [0.4, 0.5) is 4.79 Å². The van der Waals surface area contributed by atoms with Crippen LogP contribution in [0.1, 0.15) is 26.2 Å². The van der Waals surface area contributed by atoms with E-state index in [1.165, 1.54) is 7.11 Å². The van der Waals surface area contributed by atoms with E-state index in [1.807, 2.05) is 0 Å². The minimum atomic E-state index is -1.28. The number of methoxy groups -OCH3 is 1. The van der Waals surface area contributed by atoms with Gasteiger partial charge >= 0.3 is 18.0 Å². The van der Waals surface area contributed by atoms with Crippen LogP contribution in [0, 0.1) is 0 Å². The summed E-state index contributed by atoms with van der Waals surface area (Å²) in [6.45, 7) is 1.79. The van der Waals surface area contributed by atoms with E-state index in [-0.39, 0.29) is 25.9 Å². The SMILES string of the molecule is CCCN(CC(=O)OC)C(=O)N[C@H](CCC(N)=O)C(=O)O. The zero-order valence-corrected chi connectivity index (χ0v) is 12.1. The molecule has 0 aliphatic rings. The van der Waals surface area contributed by atoms with Crippen molar-refractivity contribution in [3.63, 3.8) is 0 Å². The number of primary amides is 1. The summed E-state index contributed by atoms with van der Waals surface area (Å²) < 4.78 is 4.47. The van der Waals surface area contributed by atoms with Crippen molar-refractivity contribution < 1.29 is 29.0 Å². The summed E-state index contributed by atoms with van der Waals surface area (Å²) in [6.07, 6.45) is 0.306. The molecule has 1 atom stereocenters. The molecular weight excluding hydrogens is 282 g/mol. The number of amides is 3. The number of nitrogens with zero attached hydrogens (tertiary/aromatic N) is 1. The van der Waals surface area contributed by atoms with Gasteiger partial charge in [-0.3, -0.25) is 9.59 Å². The standard InChI is InChI=1S/C12H21N3O6/c1-3-6-15(7-10(17)21-2)12(20)14-8(11(18)19)4-5-9(13)16/h8H,3-7H2,1-2H3,(H2,13,16)(H,14,20)(H,18,19)/t8-/m1/s1. The van der Waals surface area contributed by atoms with E-state index < -0.39 is 29.9 Å². The molecule has 0 radical (unpaired) electrons. The molecule has 0 bridgehead atoms. The Hall–Kier alpha value is -2.32. The van der Waals surface area contributed by atoms with Crippen LogP contribution < -0.4 is 11.1 Å². The first-order valence-electron chi connectivity index (χ1n) is 6.45. The lowest BCUT2D eigenvalue weighted by Crippen LogP contribution is -2.49. The van der Waals surface area contributed by atoms with Gasteiger partial charge in [-0.25, -0.2) is 9.59 Å². The van der Waals surface area contributed by atoms with Crippen LogP contribution in [0.2, 0.25) is 0 Å². The monoisotopic (exact) mass is 303 g/mol. The second-order valence-electron chi connectivity index (χ2n) is 4.34. The first-order chi connectivity index (χ1) is 9.81. The van der Waals surface area contributed by atoms with E-state index in [9.17, 15) is 19.2 Å². The first-order valence-corrected chi connectivity index (χ1v) is 6.45. The van der Waals surface area contributed by atoms with Crippen molar-refractivity contribution in [3.05, 3.63) is 0 Å². The van der Waals surface area contributed by atoms with Crippen molar-refractivity contribution in [3.8, 4) is 0 Å². The fourth-order valence-electron chi connectivity index (χ4n) is 1.53. The predicted molar refractivity (Wildman–Crippen MR) is 72.3 cm³/mol. The molecule has 0 saturated heterocycles. The lowest BCUT2D eigenvalue weighted by molar-refractivity contribution is -0.141. The fourth-order valence-corrected chi connectivity index (χ4v) is 1.53. The van der Waals surface area contributed by atoms with Gasteiger partial charge in [0.1, 0.15) is 12.6 Å². The number of urea groups is 1. The number of hydrogen-bond donors (Lipinski definition) is 3. The number of carbonyl (C=O) groups is 4. The molecule has 9 nitrogen and oxygen atoms in total. The Labute approximate surface area is 122 Å². The number of aliphatic carboxylic acids is 1. The van der Waals surface area contributed by atoms with E-state index in [1.54, 1.807) is 6.92 Å². The molecule has 0 aliphatic heterocycles. The van der Waals surface area contributed by atoms with E-state index >= 15 is 0 Å². The fraction of sp³-hybridized carbons (Fsp3) is 0.667. The maximum atomic E-state index is 12.0. The van der Waals surface area contributed by atoms with Crippen molar-refractivity contribution in [2.45, 2.75) is 32.2 Å². The number of carboxylic acids is 1. The summed E-state index contributed by atoms with van der Waals surface area (Å²) in [4.78, 5) is 46.0. The smallest absolute Gasteiger partial charge is 0.326 e. The zero-order valence-electron chi connectivity index (χ0n) is 12.1. The minimum absolute atomic E-state index is 0.116. The number of carboxylic acid groups (broad SMARTS) is 1. The largest absolute Gasteiger partial charge is 0.480 e. The van der Waals surface area contributed by atoms with Crippen LogP contribution in [0.5, 0.6) is 0 Å². The van der Waals surface area contributed by atoms with Crippen molar-refractivity contribution >= 4 is 23.9 Å². The van der Waals surface area contributed by atoms with Gasteiger partial charge in [0, 0.05) is 13.0 Å². The Morgan fingerprint density at radius 1 is 1.33 bits per heavy atom. The summed E-state index contributed by atoms with van der Waals surface area (Å²) in [5.41, 5.74) is 4.95. The summed E-state index contributed by atoms with van der Waals surface area (Å²) in [5.74, 6) is -2.54. The quantitative estimate of drug-likeness (QED) is 0.481. The van der Waals surface area contributed by atoms with Gasteiger partial charge in [0.2, 0.25) is 5.91 Å². The Morgan fingerprint density at radius 3 is 2.38 bits per heavy atom. The average Bonchev–Trinajstić information content (AvgIpc) is 2.41. The molecule has 9 heteroatoms. The molecule has 0 rings (SSSR count). The van der Waals surface area contributed by atoms with E-state index in [4.69, 9.17) is 10.8 Å². The van der Waals surface area contributed by atoms with Crippen LogP contribution in [-0.2, 0) is 19.1 Å². The molecular formula is C12H21N3O6. The number of hydrogen-bond acceptors (Lipinski definition) is 5. The zero-order chi connectivity index (χ0) is 16.4. The van der Waals surface area contributed by atoms with Gasteiger partial charge in [0.25, 0.3) is 0 Å². The van der Waals surface area contributed by atoms with Crippen LogP contribution >= 0.6 is 0 Å². The Balaban J connectivity index is 4.69. The second-order valence-corrected chi connectivity index (χ2v) is 4.34. The summed E-state index contributed by atoms with van der Waals surface area (Å²) in [6, 6.07) is -1.96. The Kier molecular flexibility index (Phi) is 8.51. The van der Waals surface area contributed by atoms with Gasteiger partial charge in [-0.1, -0.05) is 6.92 Å². The van der Waals surface area contributed by atoms with Crippen molar-refractivity contribution in [2.24, 2.45) is 5.73 Å². The van der Waals surface area contributed by atoms with Gasteiger partial charge < -0.3 is 25.8 Å². The maximum absolute atomic E-state index is 12.0. The highest BCUT2D eigenvalue weighted by Gasteiger charge is 2.24. The third-order valence-electron chi connectivity index (χ3n) is 2.60. The van der Waals surface area contributed by atoms with Crippen LogP contribution in [0.25, 0.3) is 0 Å². The number of esters is 1. The van der Waals surface area contributed by atoms with Crippen LogP contribution in [-0.4, -0.2) is 60.1 Å². The van der Waals surface area contributed by atoms with Gasteiger partial charge in [0.15, 0.2) is 0 Å². The molecule has 0 aromatic rings. The van der Waals surface area contributed by atoms with Crippen molar-refractivity contribution in [1.82, 2.24) is 10.2 Å². The number of nitrogens with two attached hydrogens (primary N) is 1. The molecule has 0 unspecified atom stereocenters. The lowest BCUT2D eigenvalue weighted by atomic mass is 10.1. The number of ether oxygens (including phenoxy) is 1. The van der Waals surface area contributed by atoms with E-state index in [2.05, 4.69) is 10.1 Å². The van der Waals surface area contributed by atoms with E-state index in [0.29, 0.717) is 6.42 Å². The summed E-state index contributed by atoms with van der Waals surface area (Å²) in [5, 5.41) is 11.3.